The number of aromatic nitrogens is 1. The molecular weight excluding hydrogens is 232 g/mol. The smallest absolute Gasteiger partial charge is 0.0589 e. The number of hydrogen-bond donors (Lipinski definition) is 1. The molecule has 0 amide bonds. The van der Waals surface area contributed by atoms with E-state index in [2.05, 4.69) is 4.98 Å². The van der Waals surface area contributed by atoms with E-state index >= 15 is 0 Å². The number of pyridine rings is 1. The van der Waals surface area contributed by atoms with Crippen LogP contribution in [0.5, 0.6) is 0 Å². The van der Waals surface area contributed by atoms with Crippen LogP contribution in [0, 0.1) is 17.8 Å². The summed E-state index contributed by atoms with van der Waals surface area (Å²) in [6.45, 7) is 0. The van der Waals surface area contributed by atoms with Gasteiger partial charge in [-0.05, 0) is 55.6 Å². The first kappa shape index (κ1) is 11.5. The molecule has 2 aliphatic carbocycles. The van der Waals surface area contributed by atoms with Crippen molar-refractivity contribution < 1.29 is 0 Å². The first-order chi connectivity index (χ1) is 8.22. The number of nitrogens with zero attached hydrogens (tertiary/aromatic N) is 1. The summed E-state index contributed by atoms with van der Waals surface area (Å²) in [6.07, 6.45) is 8.51. The van der Waals surface area contributed by atoms with Crippen molar-refractivity contribution >= 4 is 11.6 Å². The van der Waals surface area contributed by atoms with Crippen LogP contribution in [0.2, 0.25) is 5.02 Å². The summed E-state index contributed by atoms with van der Waals surface area (Å²) in [7, 11) is 0. The van der Waals surface area contributed by atoms with Crippen LogP contribution in [0.3, 0.4) is 0 Å². The minimum atomic E-state index is 0.0802. The summed E-state index contributed by atoms with van der Waals surface area (Å²) in [6, 6.07) is 3.92. The first-order valence-electron chi connectivity index (χ1n) is 6.59. The van der Waals surface area contributed by atoms with Gasteiger partial charge in [0.2, 0.25) is 0 Å². The van der Waals surface area contributed by atoms with E-state index in [1.807, 2.05) is 12.1 Å². The molecule has 1 aromatic rings. The Balaban J connectivity index is 1.63. The molecule has 17 heavy (non-hydrogen) atoms. The van der Waals surface area contributed by atoms with Crippen molar-refractivity contribution in [3.63, 3.8) is 0 Å². The Morgan fingerprint density at radius 3 is 2.82 bits per heavy atom. The molecule has 3 heteroatoms. The molecule has 2 fully saturated rings. The third-order valence-corrected chi connectivity index (χ3v) is 4.79. The van der Waals surface area contributed by atoms with Crippen LogP contribution < -0.4 is 5.73 Å². The summed E-state index contributed by atoms with van der Waals surface area (Å²) >= 11 is 5.83. The van der Waals surface area contributed by atoms with Crippen LogP contribution in [0.1, 0.15) is 43.8 Å². The maximum atomic E-state index is 6.25. The van der Waals surface area contributed by atoms with Crippen molar-refractivity contribution in [2.75, 3.05) is 0 Å². The van der Waals surface area contributed by atoms with E-state index < -0.39 is 0 Å². The normalized spacial score (nSPS) is 32.9. The lowest BCUT2D eigenvalue weighted by atomic mass is 9.84. The molecule has 0 saturated heterocycles. The molecule has 2 saturated carbocycles. The third kappa shape index (κ3) is 2.34. The fraction of sp³-hybridized carbons (Fsp3) is 0.643. The van der Waals surface area contributed by atoms with Crippen molar-refractivity contribution in [3.8, 4) is 0 Å². The first-order valence-corrected chi connectivity index (χ1v) is 6.97. The van der Waals surface area contributed by atoms with E-state index in [4.69, 9.17) is 17.3 Å². The van der Waals surface area contributed by atoms with Crippen LogP contribution >= 0.6 is 11.6 Å². The second-order valence-electron chi connectivity index (χ2n) is 5.68. The zero-order valence-electron chi connectivity index (χ0n) is 9.98. The lowest BCUT2D eigenvalue weighted by molar-refractivity contribution is 0.294. The molecule has 1 aromatic heterocycles. The average Bonchev–Trinajstić information content (AvgIpc) is 2.91. The summed E-state index contributed by atoms with van der Waals surface area (Å²) < 4.78 is 0. The monoisotopic (exact) mass is 250 g/mol. The standard InChI is InChI=1S/C14H19ClN2/c15-12-3-4-14(17-8-12)13(16)7-11-6-9-1-2-10(11)5-9/h3-4,8-11,13H,1-2,5-7,16H2. The lowest BCUT2D eigenvalue weighted by Gasteiger charge is -2.24. The minimum Gasteiger partial charge on any atom is -0.323 e. The zero-order chi connectivity index (χ0) is 11.8. The van der Waals surface area contributed by atoms with Gasteiger partial charge in [-0.1, -0.05) is 18.0 Å². The van der Waals surface area contributed by atoms with Crippen molar-refractivity contribution in [2.24, 2.45) is 23.5 Å². The Kier molecular flexibility index (Phi) is 3.10. The molecule has 92 valence electrons. The fourth-order valence-electron chi connectivity index (χ4n) is 3.72. The van der Waals surface area contributed by atoms with Crippen molar-refractivity contribution in [2.45, 2.75) is 38.1 Å². The highest BCUT2D eigenvalue weighted by molar-refractivity contribution is 6.30. The summed E-state index contributed by atoms with van der Waals surface area (Å²) in [5, 5.41) is 0.681. The van der Waals surface area contributed by atoms with E-state index in [1.165, 1.54) is 25.7 Å². The Morgan fingerprint density at radius 1 is 1.35 bits per heavy atom. The summed E-state index contributed by atoms with van der Waals surface area (Å²) in [5.41, 5.74) is 7.23. The van der Waals surface area contributed by atoms with E-state index in [1.54, 1.807) is 6.20 Å². The maximum absolute atomic E-state index is 6.25. The van der Waals surface area contributed by atoms with Crippen molar-refractivity contribution in [1.29, 1.82) is 0 Å². The Morgan fingerprint density at radius 2 is 2.24 bits per heavy atom. The van der Waals surface area contributed by atoms with Gasteiger partial charge in [-0.3, -0.25) is 4.98 Å². The topological polar surface area (TPSA) is 38.9 Å². The molecule has 3 rings (SSSR count). The Labute approximate surface area is 108 Å². The highest BCUT2D eigenvalue weighted by atomic mass is 35.5. The highest BCUT2D eigenvalue weighted by Crippen LogP contribution is 2.50. The zero-order valence-corrected chi connectivity index (χ0v) is 10.7. The molecule has 4 unspecified atom stereocenters. The number of nitrogens with two attached hydrogens (primary N) is 1. The fourth-order valence-corrected chi connectivity index (χ4v) is 3.83. The number of fused-ring (bicyclic) bond motifs is 2. The van der Waals surface area contributed by atoms with E-state index in [9.17, 15) is 0 Å². The molecule has 0 spiro atoms. The minimum absolute atomic E-state index is 0.0802. The molecule has 0 radical (unpaired) electrons. The van der Waals surface area contributed by atoms with Crippen molar-refractivity contribution in [3.05, 3.63) is 29.0 Å². The van der Waals surface area contributed by atoms with Crippen LogP contribution in [0.25, 0.3) is 0 Å². The molecule has 2 nitrogen and oxygen atoms in total. The molecule has 1 heterocycles. The highest BCUT2D eigenvalue weighted by Gasteiger charge is 2.39. The quantitative estimate of drug-likeness (QED) is 0.891. The molecule has 2 N–H and O–H groups in total. The predicted octanol–water partition coefficient (Wildman–Crippen LogP) is 3.56. The second-order valence-corrected chi connectivity index (χ2v) is 6.11. The Bertz CT molecular complexity index is 390. The van der Waals surface area contributed by atoms with E-state index in [0.717, 1.165) is 29.9 Å². The maximum Gasteiger partial charge on any atom is 0.0589 e. The summed E-state index contributed by atoms with van der Waals surface area (Å²) in [4.78, 5) is 4.33. The van der Waals surface area contributed by atoms with Gasteiger partial charge in [-0.2, -0.15) is 0 Å². The van der Waals surface area contributed by atoms with Gasteiger partial charge in [0.25, 0.3) is 0 Å². The van der Waals surface area contributed by atoms with E-state index in [0.29, 0.717) is 5.02 Å². The molecular formula is C14H19ClN2. The number of halogens is 1. The molecule has 0 aromatic carbocycles. The van der Waals surface area contributed by atoms with Crippen molar-refractivity contribution in [1.82, 2.24) is 4.98 Å². The predicted molar refractivity (Wildman–Crippen MR) is 69.7 cm³/mol. The average molecular weight is 251 g/mol. The molecule has 0 aliphatic heterocycles. The van der Waals surface area contributed by atoms with Crippen LogP contribution in [0.4, 0.5) is 0 Å². The molecule has 2 bridgehead atoms. The van der Waals surface area contributed by atoms with Gasteiger partial charge in [-0.15, -0.1) is 0 Å². The lowest BCUT2D eigenvalue weighted by Crippen LogP contribution is -2.20. The molecule has 2 aliphatic rings. The van der Waals surface area contributed by atoms with Gasteiger partial charge in [-0.25, -0.2) is 0 Å². The summed E-state index contributed by atoms with van der Waals surface area (Å²) in [5.74, 6) is 2.77. The van der Waals surface area contributed by atoms with Gasteiger partial charge in [0, 0.05) is 12.2 Å². The van der Waals surface area contributed by atoms with E-state index in [-0.39, 0.29) is 6.04 Å². The largest absolute Gasteiger partial charge is 0.323 e. The second kappa shape index (κ2) is 4.58. The van der Waals surface area contributed by atoms with Crippen LogP contribution in [-0.4, -0.2) is 4.98 Å². The van der Waals surface area contributed by atoms with Crippen LogP contribution in [-0.2, 0) is 0 Å². The van der Waals surface area contributed by atoms with Gasteiger partial charge >= 0.3 is 0 Å². The molecule has 4 atom stereocenters. The van der Waals surface area contributed by atoms with Gasteiger partial charge in [0.1, 0.15) is 0 Å². The SMILES string of the molecule is NC(CC1CC2CCC1C2)c1ccc(Cl)cn1. The van der Waals surface area contributed by atoms with Gasteiger partial charge in [0.15, 0.2) is 0 Å². The third-order valence-electron chi connectivity index (χ3n) is 4.57. The van der Waals surface area contributed by atoms with Crippen LogP contribution in [0.15, 0.2) is 18.3 Å². The number of rotatable bonds is 3. The number of hydrogen-bond acceptors (Lipinski definition) is 2. The Hall–Kier alpha value is -0.600. The van der Waals surface area contributed by atoms with Gasteiger partial charge < -0.3 is 5.73 Å². The van der Waals surface area contributed by atoms with Gasteiger partial charge in [0.05, 0.1) is 10.7 Å².